The van der Waals surface area contributed by atoms with E-state index in [1.54, 1.807) is 0 Å². The lowest BCUT2D eigenvalue weighted by molar-refractivity contribution is 0.0910. The largest absolute Gasteiger partial charge is 0.347 e. The number of carbonyl (C=O) groups is 1. The summed E-state index contributed by atoms with van der Waals surface area (Å²) in [5.74, 6) is 0.0213. The quantitative estimate of drug-likeness (QED) is 0.831. The molecule has 0 heterocycles. The van der Waals surface area contributed by atoms with Crippen molar-refractivity contribution in [3.05, 3.63) is 34.9 Å². The Hall–Kier alpha value is -1.31. The predicted octanol–water partition coefficient (Wildman–Crippen LogP) is 3.22. The van der Waals surface area contributed by atoms with Crippen molar-refractivity contribution in [2.24, 2.45) is 0 Å². The average Bonchev–Trinajstić information content (AvgIpc) is 2.21. The summed E-state index contributed by atoms with van der Waals surface area (Å²) in [6, 6.07) is 5.83. The fourth-order valence-electron chi connectivity index (χ4n) is 1.46. The lowest BCUT2D eigenvalue weighted by atomic mass is 9.99. The number of aryl methyl sites for hydroxylation is 1. The molecule has 1 aromatic rings. The summed E-state index contributed by atoms with van der Waals surface area (Å²) in [6.45, 7) is 10.2. The number of carbonyl (C=O) groups excluding carboxylic acids is 1. The van der Waals surface area contributed by atoms with E-state index in [0.29, 0.717) is 0 Å². The smallest absolute Gasteiger partial charge is 0.251 e. The lowest BCUT2D eigenvalue weighted by Crippen LogP contribution is -2.43. The molecule has 0 aliphatic carbocycles. The average molecular weight is 219 g/mol. The van der Waals surface area contributed by atoms with E-state index >= 15 is 0 Å². The lowest BCUT2D eigenvalue weighted by Gasteiger charge is -2.25. The molecular weight excluding hydrogens is 198 g/mol. The molecule has 1 amide bonds. The molecule has 0 fully saturated rings. The summed E-state index contributed by atoms with van der Waals surface area (Å²) in [4.78, 5) is 12.1. The molecule has 0 saturated carbocycles. The highest BCUT2D eigenvalue weighted by molar-refractivity contribution is 5.96. The molecule has 0 aromatic heterocycles. The predicted molar refractivity (Wildman–Crippen MR) is 67.8 cm³/mol. The second kappa shape index (κ2) is 4.69. The minimum absolute atomic E-state index is 0.0213. The van der Waals surface area contributed by atoms with Crippen molar-refractivity contribution in [3.63, 3.8) is 0 Å². The van der Waals surface area contributed by atoms with Crippen LogP contribution in [0.15, 0.2) is 18.2 Å². The van der Waals surface area contributed by atoms with Crippen LogP contribution in [0.1, 0.15) is 48.7 Å². The zero-order valence-electron chi connectivity index (χ0n) is 10.8. The minimum atomic E-state index is -0.146. The van der Waals surface area contributed by atoms with E-state index in [-0.39, 0.29) is 11.4 Å². The van der Waals surface area contributed by atoms with Gasteiger partial charge in [-0.3, -0.25) is 4.79 Å². The number of hydrogen-bond donors (Lipinski definition) is 1. The van der Waals surface area contributed by atoms with Crippen LogP contribution < -0.4 is 5.32 Å². The van der Waals surface area contributed by atoms with Crippen molar-refractivity contribution in [1.82, 2.24) is 5.32 Å². The summed E-state index contributed by atoms with van der Waals surface area (Å²) in [5, 5.41) is 3.05. The van der Waals surface area contributed by atoms with Crippen LogP contribution in [-0.2, 0) is 0 Å². The first-order valence-electron chi connectivity index (χ1n) is 5.76. The molecule has 0 unspecified atom stereocenters. The van der Waals surface area contributed by atoms with Crippen LogP contribution in [0.2, 0.25) is 0 Å². The Balaban J connectivity index is 2.94. The molecule has 0 atom stereocenters. The monoisotopic (exact) mass is 219 g/mol. The Morgan fingerprint density at radius 3 is 2.50 bits per heavy atom. The first-order valence-corrected chi connectivity index (χ1v) is 5.76. The van der Waals surface area contributed by atoms with Gasteiger partial charge in [0, 0.05) is 11.1 Å². The van der Waals surface area contributed by atoms with E-state index in [1.165, 1.54) is 0 Å². The fourth-order valence-corrected chi connectivity index (χ4v) is 1.46. The number of amides is 1. The van der Waals surface area contributed by atoms with Gasteiger partial charge in [-0.2, -0.15) is 0 Å². The van der Waals surface area contributed by atoms with Crippen LogP contribution in [0.5, 0.6) is 0 Å². The molecule has 1 rings (SSSR count). The number of rotatable bonds is 3. The Morgan fingerprint density at radius 2 is 1.94 bits per heavy atom. The molecule has 16 heavy (non-hydrogen) atoms. The molecule has 2 nitrogen and oxygen atoms in total. The van der Waals surface area contributed by atoms with Gasteiger partial charge in [0.15, 0.2) is 0 Å². The molecule has 0 radical (unpaired) electrons. The van der Waals surface area contributed by atoms with E-state index in [1.807, 2.05) is 45.9 Å². The molecule has 0 aliphatic heterocycles. The van der Waals surface area contributed by atoms with Gasteiger partial charge in [0.05, 0.1) is 0 Å². The van der Waals surface area contributed by atoms with Gasteiger partial charge >= 0.3 is 0 Å². The van der Waals surface area contributed by atoms with Gasteiger partial charge in [-0.1, -0.05) is 19.1 Å². The first-order chi connectivity index (χ1) is 7.37. The standard InChI is InChI=1S/C14H21NO/c1-6-14(4,5)15-13(16)12-9-7-8-10(2)11(12)3/h7-9H,6H2,1-5H3,(H,15,16). The van der Waals surface area contributed by atoms with Gasteiger partial charge in [-0.25, -0.2) is 0 Å². The molecule has 1 N–H and O–H groups in total. The normalized spacial score (nSPS) is 11.3. The van der Waals surface area contributed by atoms with Crippen molar-refractivity contribution in [2.45, 2.75) is 46.6 Å². The summed E-state index contributed by atoms with van der Waals surface area (Å²) >= 11 is 0. The maximum Gasteiger partial charge on any atom is 0.251 e. The Labute approximate surface area is 98.1 Å². The van der Waals surface area contributed by atoms with Crippen LogP contribution in [-0.4, -0.2) is 11.4 Å². The maximum atomic E-state index is 12.1. The van der Waals surface area contributed by atoms with Crippen LogP contribution in [0.25, 0.3) is 0 Å². The molecule has 0 saturated heterocycles. The van der Waals surface area contributed by atoms with Crippen LogP contribution in [0.3, 0.4) is 0 Å². The topological polar surface area (TPSA) is 29.1 Å². The fraction of sp³-hybridized carbons (Fsp3) is 0.500. The van der Waals surface area contributed by atoms with Gasteiger partial charge in [-0.15, -0.1) is 0 Å². The third-order valence-electron chi connectivity index (χ3n) is 3.19. The molecule has 2 heteroatoms. The summed E-state index contributed by atoms with van der Waals surface area (Å²) in [7, 11) is 0. The zero-order chi connectivity index (χ0) is 12.3. The highest BCUT2D eigenvalue weighted by Crippen LogP contribution is 2.15. The third-order valence-corrected chi connectivity index (χ3v) is 3.19. The van der Waals surface area contributed by atoms with Gasteiger partial charge in [-0.05, 0) is 51.3 Å². The summed E-state index contributed by atoms with van der Waals surface area (Å²) in [5.41, 5.74) is 2.85. The van der Waals surface area contributed by atoms with Crippen molar-refractivity contribution < 1.29 is 4.79 Å². The van der Waals surface area contributed by atoms with E-state index < -0.39 is 0 Å². The van der Waals surface area contributed by atoms with Crippen molar-refractivity contribution in [2.75, 3.05) is 0 Å². The summed E-state index contributed by atoms with van der Waals surface area (Å²) < 4.78 is 0. The number of benzene rings is 1. The van der Waals surface area contributed by atoms with Crippen LogP contribution in [0, 0.1) is 13.8 Å². The number of hydrogen-bond acceptors (Lipinski definition) is 1. The van der Waals surface area contributed by atoms with Gasteiger partial charge in [0.2, 0.25) is 0 Å². The van der Waals surface area contributed by atoms with Crippen molar-refractivity contribution >= 4 is 5.91 Å². The third kappa shape index (κ3) is 2.84. The van der Waals surface area contributed by atoms with Gasteiger partial charge in [0.1, 0.15) is 0 Å². The maximum absolute atomic E-state index is 12.1. The van der Waals surface area contributed by atoms with E-state index in [0.717, 1.165) is 23.1 Å². The SMILES string of the molecule is CCC(C)(C)NC(=O)c1cccc(C)c1C. The Kier molecular flexibility index (Phi) is 3.74. The van der Waals surface area contributed by atoms with Gasteiger partial charge < -0.3 is 5.32 Å². The molecule has 0 spiro atoms. The molecule has 0 bridgehead atoms. The summed E-state index contributed by atoms with van der Waals surface area (Å²) in [6.07, 6.45) is 0.920. The van der Waals surface area contributed by atoms with E-state index in [2.05, 4.69) is 12.2 Å². The first kappa shape index (κ1) is 12.8. The molecular formula is C14H21NO. The van der Waals surface area contributed by atoms with Gasteiger partial charge in [0.25, 0.3) is 5.91 Å². The molecule has 1 aromatic carbocycles. The van der Waals surface area contributed by atoms with Crippen molar-refractivity contribution in [1.29, 1.82) is 0 Å². The second-order valence-electron chi connectivity index (χ2n) is 4.94. The minimum Gasteiger partial charge on any atom is -0.347 e. The van der Waals surface area contributed by atoms with E-state index in [4.69, 9.17) is 0 Å². The Bertz CT molecular complexity index is 394. The molecule has 88 valence electrons. The second-order valence-corrected chi connectivity index (χ2v) is 4.94. The van der Waals surface area contributed by atoms with E-state index in [9.17, 15) is 4.79 Å². The highest BCUT2D eigenvalue weighted by atomic mass is 16.1. The highest BCUT2D eigenvalue weighted by Gasteiger charge is 2.19. The molecule has 0 aliphatic rings. The number of nitrogens with one attached hydrogen (secondary N) is 1. The Morgan fingerprint density at radius 1 is 1.31 bits per heavy atom. The van der Waals surface area contributed by atoms with Crippen LogP contribution >= 0.6 is 0 Å². The van der Waals surface area contributed by atoms with Crippen LogP contribution in [0.4, 0.5) is 0 Å². The zero-order valence-corrected chi connectivity index (χ0v) is 10.8. The van der Waals surface area contributed by atoms with Crippen molar-refractivity contribution in [3.8, 4) is 0 Å².